The summed E-state index contributed by atoms with van der Waals surface area (Å²) in [7, 11) is 2.28. The topological polar surface area (TPSA) is 29.3 Å². The minimum Gasteiger partial charge on any atom is -0.330 e. The molecule has 2 nitrogen and oxygen atoms in total. The minimum absolute atomic E-state index is 0.735. The Morgan fingerprint density at radius 2 is 1.95 bits per heavy atom. The van der Waals surface area contributed by atoms with E-state index in [0.29, 0.717) is 0 Å². The largest absolute Gasteiger partial charge is 0.330 e. The standard InChI is InChI=1S/C17H28N2/c1-19(17-12-7-11-16(17)14-18)13-6-5-10-15-8-3-2-4-9-15/h2-4,8-9,16-17H,5-7,10-14,18H2,1H3. The van der Waals surface area contributed by atoms with Crippen molar-refractivity contribution in [3.63, 3.8) is 0 Å². The van der Waals surface area contributed by atoms with E-state index in [0.717, 1.165) is 18.5 Å². The van der Waals surface area contributed by atoms with Crippen LogP contribution in [0.5, 0.6) is 0 Å². The zero-order valence-electron chi connectivity index (χ0n) is 12.2. The van der Waals surface area contributed by atoms with Gasteiger partial charge in [0.15, 0.2) is 0 Å². The first-order valence-corrected chi connectivity index (χ1v) is 7.75. The number of aryl methyl sites for hydroxylation is 1. The second-order valence-corrected chi connectivity index (χ2v) is 5.92. The quantitative estimate of drug-likeness (QED) is 0.763. The van der Waals surface area contributed by atoms with Crippen molar-refractivity contribution in [3.05, 3.63) is 35.9 Å². The predicted molar refractivity (Wildman–Crippen MR) is 82.2 cm³/mol. The highest BCUT2D eigenvalue weighted by Crippen LogP contribution is 2.28. The van der Waals surface area contributed by atoms with Crippen LogP contribution in [-0.2, 0) is 6.42 Å². The SMILES string of the molecule is CN(CCCCc1ccccc1)C1CCCC1CN. The minimum atomic E-state index is 0.735. The van der Waals surface area contributed by atoms with Gasteiger partial charge in [0.1, 0.15) is 0 Å². The van der Waals surface area contributed by atoms with Gasteiger partial charge in [0.05, 0.1) is 0 Å². The van der Waals surface area contributed by atoms with Gasteiger partial charge in [-0.1, -0.05) is 36.8 Å². The summed E-state index contributed by atoms with van der Waals surface area (Å²) >= 11 is 0. The second kappa shape index (κ2) is 7.66. The van der Waals surface area contributed by atoms with E-state index in [4.69, 9.17) is 5.73 Å². The monoisotopic (exact) mass is 260 g/mol. The van der Waals surface area contributed by atoms with Crippen molar-refractivity contribution >= 4 is 0 Å². The van der Waals surface area contributed by atoms with Crippen LogP contribution in [0, 0.1) is 5.92 Å². The number of nitrogens with zero attached hydrogens (tertiary/aromatic N) is 1. The van der Waals surface area contributed by atoms with Crippen LogP contribution in [0.2, 0.25) is 0 Å². The van der Waals surface area contributed by atoms with Gasteiger partial charge >= 0.3 is 0 Å². The van der Waals surface area contributed by atoms with Gasteiger partial charge < -0.3 is 10.6 Å². The molecule has 2 N–H and O–H groups in total. The molecule has 2 atom stereocenters. The summed E-state index contributed by atoms with van der Waals surface area (Å²) in [4.78, 5) is 2.55. The van der Waals surface area contributed by atoms with Crippen LogP contribution in [-0.4, -0.2) is 31.1 Å². The van der Waals surface area contributed by atoms with Crippen LogP contribution in [0.25, 0.3) is 0 Å². The van der Waals surface area contributed by atoms with Crippen molar-refractivity contribution in [1.82, 2.24) is 4.90 Å². The maximum absolute atomic E-state index is 5.87. The van der Waals surface area contributed by atoms with Crippen LogP contribution >= 0.6 is 0 Å². The number of hydrogen-bond donors (Lipinski definition) is 1. The Morgan fingerprint density at radius 1 is 1.16 bits per heavy atom. The molecule has 1 aromatic rings. The number of nitrogens with two attached hydrogens (primary N) is 1. The molecule has 0 spiro atoms. The first kappa shape index (κ1) is 14.5. The van der Waals surface area contributed by atoms with E-state index in [1.807, 2.05) is 0 Å². The Labute approximate surface area is 118 Å². The fraction of sp³-hybridized carbons (Fsp3) is 0.647. The highest BCUT2D eigenvalue weighted by atomic mass is 15.1. The summed E-state index contributed by atoms with van der Waals surface area (Å²) in [5, 5.41) is 0. The third-order valence-corrected chi connectivity index (χ3v) is 4.56. The zero-order chi connectivity index (χ0) is 13.5. The summed E-state index contributed by atoms with van der Waals surface area (Å²) < 4.78 is 0. The van der Waals surface area contributed by atoms with Gasteiger partial charge in [-0.15, -0.1) is 0 Å². The van der Waals surface area contributed by atoms with E-state index in [1.54, 1.807) is 0 Å². The van der Waals surface area contributed by atoms with E-state index < -0.39 is 0 Å². The number of benzene rings is 1. The van der Waals surface area contributed by atoms with Crippen molar-refractivity contribution in [2.45, 2.75) is 44.6 Å². The zero-order valence-corrected chi connectivity index (χ0v) is 12.2. The van der Waals surface area contributed by atoms with Crippen molar-refractivity contribution in [3.8, 4) is 0 Å². The fourth-order valence-corrected chi connectivity index (χ4v) is 3.37. The smallest absolute Gasteiger partial charge is 0.0132 e. The van der Waals surface area contributed by atoms with Gasteiger partial charge in [-0.25, -0.2) is 0 Å². The molecule has 2 heteroatoms. The lowest BCUT2D eigenvalue weighted by molar-refractivity contribution is 0.197. The van der Waals surface area contributed by atoms with Gasteiger partial charge in [-0.3, -0.25) is 0 Å². The highest BCUT2D eigenvalue weighted by Gasteiger charge is 2.28. The van der Waals surface area contributed by atoms with Gasteiger partial charge in [0, 0.05) is 6.04 Å². The molecule has 1 fully saturated rings. The third kappa shape index (κ3) is 4.32. The Bertz CT molecular complexity index is 350. The molecule has 0 aromatic heterocycles. The molecule has 106 valence electrons. The van der Waals surface area contributed by atoms with Gasteiger partial charge in [0.2, 0.25) is 0 Å². The van der Waals surface area contributed by atoms with Crippen LogP contribution in [0.1, 0.15) is 37.7 Å². The molecule has 0 heterocycles. The van der Waals surface area contributed by atoms with Crippen molar-refractivity contribution < 1.29 is 0 Å². The summed E-state index contributed by atoms with van der Waals surface area (Å²) in [6.07, 6.45) is 7.82. The summed E-state index contributed by atoms with van der Waals surface area (Å²) in [6, 6.07) is 11.5. The molecule has 1 saturated carbocycles. The lowest BCUT2D eigenvalue weighted by Gasteiger charge is -2.29. The Hall–Kier alpha value is -0.860. The molecule has 0 radical (unpaired) electrons. The summed E-state index contributed by atoms with van der Waals surface area (Å²) in [6.45, 7) is 2.08. The van der Waals surface area contributed by atoms with Crippen LogP contribution < -0.4 is 5.73 Å². The number of unbranched alkanes of at least 4 members (excludes halogenated alkanes) is 1. The maximum Gasteiger partial charge on any atom is 0.0132 e. The molecule has 0 saturated heterocycles. The summed E-state index contributed by atoms with van der Waals surface area (Å²) in [5.41, 5.74) is 7.33. The van der Waals surface area contributed by atoms with Gasteiger partial charge in [0.25, 0.3) is 0 Å². The summed E-state index contributed by atoms with van der Waals surface area (Å²) in [5.74, 6) is 0.735. The Kier molecular flexibility index (Phi) is 5.87. The molecule has 0 bridgehead atoms. The first-order valence-electron chi connectivity index (χ1n) is 7.75. The number of hydrogen-bond acceptors (Lipinski definition) is 2. The third-order valence-electron chi connectivity index (χ3n) is 4.56. The van der Waals surface area contributed by atoms with E-state index in [-0.39, 0.29) is 0 Å². The first-order chi connectivity index (χ1) is 9.31. The lowest BCUT2D eigenvalue weighted by atomic mass is 10.0. The lowest BCUT2D eigenvalue weighted by Crippen LogP contribution is -2.38. The molecule has 2 unspecified atom stereocenters. The van der Waals surface area contributed by atoms with Gasteiger partial charge in [-0.05, 0) is 63.7 Å². The highest BCUT2D eigenvalue weighted by molar-refractivity contribution is 5.14. The van der Waals surface area contributed by atoms with Crippen LogP contribution in [0.15, 0.2) is 30.3 Å². The molecule has 1 aliphatic carbocycles. The predicted octanol–water partition coefficient (Wildman–Crippen LogP) is 3.07. The normalized spacial score (nSPS) is 23.1. The average molecular weight is 260 g/mol. The molecular weight excluding hydrogens is 232 g/mol. The number of rotatable bonds is 7. The van der Waals surface area contributed by atoms with Crippen LogP contribution in [0.3, 0.4) is 0 Å². The molecule has 1 aliphatic rings. The van der Waals surface area contributed by atoms with E-state index in [1.165, 1.54) is 50.6 Å². The van der Waals surface area contributed by atoms with Crippen LogP contribution in [0.4, 0.5) is 0 Å². The molecular formula is C17H28N2. The van der Waals surface area contributed by atoms with Gasteiger partial charge in [-0.2, -0.15) is 0 Å². The van der Waals surface area contributed by atoms with E-state index in [9.17, 15) is 0 Å². The average Bonchev–Trinajstić information content (AvgIpc) is 2.93. The Morgan fingerprint density at radius 3 is 2.68 bits per heavy atom. The van der Waals surface area contributed by atoms with E-state index >= 15 is 0 Å². The molecule has 1 aromatic carbocycles. The van der Waals surface area contributed by atoms with Crippen molar-refractivity contribution in [2.75, 3.05) is 20.1 Å². The molecule has 2 rings (SSSR count). The second-order valence-electron chi connectivity index (χ2n) is 5.92. The van der Waals surface area contributed by atoms with E-state index in [2.05, 4.69) is 42.3 Å². The maximum atomic E-state index is 5.87. The molecule has 0 aliphatic heterocycles. The Balaban J connectivity index is 1.65. The molecule has 19 heavy (non-hydrogen) atoms. The van der Waals surface area contributed by atoms with Crippen molar-refractivity contribution in [2.24, 2.45) is 11.7 Å². The van der Waals surface area contributed by atoms with Crippen molar-refractivity contribution in [1.29, 1.82) is 0 Å². The fourth-order valence-electron chi connectivity index (χ4n) is 3.37. The molecule has 0 amide bonds.